The van der Waals surface area contributed by atoms with Gasteiger partial charge < -0.3 is 14.8 Å². The Balaban J connectivity index is 1.65. The molecule has 2 aromatic carbocycles. The minimum absolute atomic E-state index is 0.00957. The first-order chi connectivity index (χ1) is 16.1. The molecule has 2 aromatic heterocycles. The molecule has 166 valence electrons. The molecule has 0 saturated carbocycles. The number of rotatable bonds is 5. The number of anilines is 1. The van der Waals surface area contributed by atoms with Crippen molar-refractivity contribution in [3.8, 4) is 5.69 Å². The summed E-state index contributed by atoms with van der Waals surface area (Å²) in [4.78, 5) is 6.92. The number of pyridine rings is 1. The molecule has 2 atom stereocenters. The molecule has 4 nitrogen and oxygen atoms in total. The topological polar surface area (TPSA) is 33.1 Å². The molecule has 0 aliphatic carbocycles. The van der Waals surface area contributed by atoms with Crippen molar-refractivity contribution in [2.45, 2.75) is 39.3 Å². The number of benzene rings is 2. The fraction of sp³-hybridized carbons (Fsp3) is 0.214. The molecule has 0 radical (unpaired) electrons. The lowest BCUT2D eigenvalue weighted by Gasteiger charge is -2.28. The number of hydrogen-bond acceptors (Lipinski definition) is 2. The van der Waals surface area contributed by atoms with E-state index >= 15 is 0 Å². The summed E-state index contributed by atoms with van der Waals surface area (Å²) in [7, 11) is 0. The predicted octanol–water partition coefficient (Wildman–Crippen LogP) is 6.23. The molecule has 33 heavy (non-hydrogen) atoms. The van der Waals surface area contributed by atoms with Crippen LogP contribution in [0.4, 0.5) is 5.69 Å². The Morgan fingerprint density at radius 2 is 1.64 bits per heavy atom. The molecule has 0 amide bonds. The zero-order valence-electron chi connectivity index (χ0n) is 19.2. The largest absolute Gasteiger partial charge is 0.351 e. The smallest absolute Gasteiger partial charge is 0.174 e. The number of nitrogens with zero attached hydrogens (tertiary/aromatic N) is 3. The molecule has 0 bridgehead atoms. The molecular weight excluding hydrogens is 424 g/mol. The highest BCUT2D eigenvalue weighted by Gasteiger charge is 2.42. The van der Waals surface area contributed by atoms with Gasteiger partial charge in [-0.25, -0.2) is 0 Å². The number of para-hydroxylation sites is 1. The van der Waals surface area contributed by atoms with Crippen LogP contribution < -0.4 is 10.2 Å². The summed E-state index contributed by atoms with van der Waals surface area (Å²) < 4.78 is 2.34. The van der Waals surface area contributed by atoms with Gasteiger partial charge in [-0.05, 0) is 86.1 Å². The number of thiocarbonyl (C=S) groups is 1. The van der Waals surface area contributed by atoms with Gasteiger partial charge in [0, 0.05) is 29.0 Å². The summed E-state index contributed by atoms with van der Waals surface area (Å²) in [5.74, 6) is 0. The molecule has 1 aliphatic rings. The summed E-state index contributed by atoms with van der Waals surface area (Å²) in [6, 6.07) is 27.5. The fourth-order valence-electron chi connectivity index (χ4n) is 4.90. The maximum absolute atomic E-state index is 5.86. The highest BCUT2D eigenvalue weighted by atomic mass is 32.1. The number of nitrogens with one attached hydrogen (secondary N) is 1. The van der Waals surface area contributed by atoms with Gasteiger partial charge in [0.25, 0.3) is 0 Å². The first kappa shape index (κ1) is 21.4. The highest BCUT2D eigenvalue weighted by molar-refractivity contribution is 7.80. The summed E-state index contributed by atoms with van der Waals surface area (Å²) in [6.45, 7) is 6.56. The SMILES string of the molecule is CCc1ccc(-n2c(C)cc([C@H]3[C@H](c4ccccn4)NC(=S)N3c3ccccc3)c2C)cc1. The van der Waals surface area contributed by atoms with Gasteiger partial charge >= 0.3 is 0 Å². The van der Waals surface area contributed by atoms with E-state index in [9.17, 15) is 0 Å². The van der Waals surface area contributed by atoms with Crippen LogP contribution in [-0.2, 0) is 6.42 Å². The van der Waals surface area contributed by atoms with Crippen molar-refractivity contribution in [1.82, 2.24) is 14.9 Å². The Morgan fingerprint density at radius 3 is 2.30 bits per heavy atom. The Kier molecular flexibility index (Phi) is 5.73. The lowest BCUT2D eigenvalue weighted by molar-refractivity contribution is 0.565. The van der Waals surface area contributed by atoms with E-state index in [2.05, 4.69) is 101 Å². The van der Waals surface area contributed by atoms with E-state index in [1.807, 2.05) is 24.4 Å². The third-order valence-electron chi connectivity index (χ3n) is 6.52. The molecule has 3 heterocycles. The third-order valence-corrected chi connectivity index (χ3v) is 6.84. The van der Waals surface area contributed by atoms with Gasteiger partial charge in [-0.3, -0.25) is 4.98 Å². The zero-order chi connectivity index (χ0) is 22.9. The maximum atomic E-state index is 5.86. The van der Waals surface area contributed by atoms with Gasteiger partial charge in [-0.1, -0.05) is 43.3 Å². The molecule has 5 heteroatoms. The minimum atomic E-state index is -0.0460. The third kappa shape index (κ3) is 3.83. The number of aromatic nitrogens is 2. The molecule has 1 N–H and O–H groups in total. The number of aryl methyl sites for hydroxylation is 2. The standard InChI is InChI=1S/C28H28N4S/c1-4-21-13-15-23(16-14-21)31-19(2)18-24(20(31)3)27-26(25-12-8-9-17-29-25)30-28(33)32(27)22-10-6-5-7-11-22/h5-18,26-27H,4H2,1-3H3,(H,30,33)/t26-,27-/m0/s1. The lowest BCUT2D eigenvalue weighted by Crippen LogP contribution is -2.29. The second-order valence-corrected chi connectivity index (χ2v) is 8.90. The van der Waals surface area contributed by atoms with E-state index < -0.39 is 0 Å². The average Bonchev–Trinajstić information content (AvgIpc) is 3.35. The predicted molar refractivity (Wildman–Crippen MR) is 139 cm³/mol. The lowest BCUT2D eigenvalue weighted by atomic mass is 9.96. The van der Waals surface area contributed by atoms with Crippen molar-refractivity contribution in [3.63, 3.8) is 0 Å². The minimum Gasteiger partial charge on any atom is -0.351 e. The molecule has 0 unspecified atom stereocenters. The van der Waals surface area contributed by atoms with Crippen molar-refractivity contribution >= 4 is 23.0 Å². The van der Waals surface area contributed by atoms with E-state index in [1.54, 1.807) is 0 Å². The summed E-state index contributed by atoms with van der Waals surface area (Å²) in [6.07, 6.45) is 2.89. The van der Waals surface area contributed by atoms with Crippen molar-refractivity contribution in [2.75, 3.05) is 4.90 Å². The second kappa shape index (κ2) is 8.83. The maximum Gasteiger partial charge on any atom is 0.174 e. The average molecular weight is 453 g/mol. The van der Waals surface area contributed by atoms with Crippen LogP contribution in [0.1, 0.15) is 47.2 Å². The Morgan fingerprint density at radius 1 is 0.909 bits per heavy atom. The second-order valence-electron chi connectivity index (χ2n) is 8.51. The van der Waals surface area contributed by atoms with Crippen LogP contribution in [0, 0.1) is 13.8 Å². The molecule has 1 fully saturated rings. The van der Waals surface area contributed by atoms with E-state index in [4.69, 9.17) is 12.2 Å². The van der Waals surface area contributed by atoms with Gasteiger partial charge in [0.15, 0.2) is 5.11 Å². The van der Waals surface area contributed by atoms with Crippen LogP contribution in [-0.4, -0.2) is 14.7 Å². The van der Waals surface area contributed by atoms with E-state index in [0.717, 1.165) is 22.9 Å². The monoisotopic (exact) mass is 452 g/mol. The van der Waals surface area contributed by atoms with E-state index in [1.165, 1.54) is 28.2 Å². The van der Waals surface area contributed by atoms with Crippen LogP contribution in [0.2, 0.25) is 0 Å². The fourth-order valence-corrected chi connectivity index (χ4v) is 5.25. The first-order valence-corrected chi connectivity index (χ1v) is 11.8. The van der Waals surface area contributed by atoms with Gasteiger partial charge in [0.1, 0.15) is 0 Å². The summed E-state index contributed by atoms with van der Waals surface area (Å²) in [5, 5.41) is 4.28. The first-order valence-electron chi connectivity index (χ1n) is 11.4. The summed E-state index contributed by atoms with van der Waals surface area (Å²) >= 11 is 5.86. The van der Waals surface area contributed by atoms with Crippen molar-refractivity contribution in [2.24, 2.45) is 0 Å². The van der Waals surface area contributed by atoms with Crippen molar-refractivity contribution in [3.05, 3.63) is 113 Å². The molecule has 1 saturated heterocycles. The van der Waals surface area contributed by atoms with Crippen LogP contribution in [0.15, 0.2) is 85.1 Å². The molecule has 5 rings (SSSR count). The van der Waals surface area contributed by atoms with Gasteiger partial charge in [0.05, 0.1) is 17.8 Å². The zero-order valence-corrected chi connectivity index (χ0v) is 20.0. The Bertz CT molecular complexity index is 1260. The van der Waals surface area contributed by atoms with Crippen molar-refractivity contribution in [1.29, 1.82) is 0 Å². The molecule has 4 aromatic rings. The van der Waals surface area contributed by atoms with Crippen LogP contribution in [0.3, 0.4) is 0 Å². The van der Waals surface area contributed by atoms with E-state index in [-0.39, 0.29) is 12.1 Å². The normalized spacial score (nSPS) is 17.9. The van der Waals surface area contributed by atoms with Crippen LogP contribution in [0.25, 0.3) is 5.69 Å². The quantitative estimate of drug-likeness (QED) is 0.364. The van der Waals surface area contributed by atoms with Gasteiger partial charge in [-0.15, -0.1) is 0 Å². The Labute approximate surface area is 200 Å². The van der Waals surface area contributed by atoms with Crippen LogP contribution >= 0.6 is 12.2 Å². The van der Waals surface area contributed by atoms with Crippen LogP contribution in [0.5, 0.6) is 0 Å². The molecule has 0 spiro atoms. The van der Waals surface area contributed by atoms with Crippen molar-refractivity contribution < 1.29 is 0 Å². The molecule has 1 aliphatic heterocycles. The highest BCUT2D eigenvalue weighted by Crippen LogP contribution is 2.43. The van der Waals surface area contributed by atoms with Gasteiger partial charge in [0.2, 0.25) is 0 Å². The Hall–Kier alpha value is -3.44. The number of hydrogen-bond donors (Lipinski definition) is 1. The van der Waals surface area contributed by atoms with Gasteiger partial charge in [-0.2, -0.15) is 0 Å². The summed E-state index contributed by atoms with van der Waals surface area (Å²) in [5.41, 5.74) is 8.27. The molecular formula is C28H28N4S. The van der Waals surface area contributed by atoms with E-state index in [0.29, 0.717) is 0 Å².